The van der Waals surface area contributed by atoms with Gasteiger partial charge in [0.15, 0.2) is 5.69 Å². The molecule has 1 aromatic heterocycles. The van der Waals surface area contributed by atoms with Gasteiger partial charge in [-0.05, 0) is 13.3 Å². The van der Waals surface area contributed by atoms with E-state index in [1.54, 1.807) is 17.9 Å². The summed E-state index contributed by atoms with van der Waals surface area (Å²) in [5.74, 6) is 0.695. The van der Waals surface area contributed by atoms with E-state index in [1.165, 1.54) is 0 Å². The quantitative estimate of drug-likeness (QED) is 0.837. The molecule has 0 spiro atoms. The molecule has 0 saturated carbocycles. The fraction of sp³-hybridized carbons (Fsp3) is 0.643. The van der Waals surface area contributed by atoms with Gasteiger partial charge in [-0.15, -0.1) is 0 Å². The lowest BCUT2D eigenvalue weighted by Gasteiger charge is -2.34. The molecule has 0 aromatic carbocycles. The normalized spacial score (nSPS) is 15.5. The maximum atomic E-state index is 12.2. The molecule has 0 atom stereocenters. The molecular formula is C14H21N3O3. The molecule has 1 saturated heterocycles. The van der Waals surface area contributed by atoms with Crippen LogP contribution in [-0.4, -0.2) is 52.9 Å². The molecule has 6 nitrogen and oxygen atoms in total. The molecule has 1 aliphatic heterocycles. The molecule has 0 radical (unpaired) electrons. The molecule has 2 amide bonds. The van der Waals surface area contributed by atoms with Crippen LogP contribution in [0.5, 0.6) is 0 Å². The van der Waals surface area contributed by atoms with Crippen LogP contribution < -0.4 is 0 Å². The van der Waals surface area contributed by atoms with Gasteiger partial charge in [0.05, 0.1) is 0 Å². The molecule has 2 rings (SSSR count). The highest BCUT2D eigenvalue weighted by molar-refractivity contribution is 5.92. The molecule has 0 aliphatic carbocycles. The van der Waals surface area contributed by atoms with Crippen molar-refractivity contribution in [2.45, 2.75) is 33.1 Å². The van der Waals surface area contributed by atoms with Gasteiger partial charge in [-0.1, -0.05) is 18.5 Å². The molecule has 1 fully saturated rings. The van der Waals surface area contributed by atoms with E-state index < -0.39 is 0 Å². The van der Waals surface area contributed by atoms with Gasteiger partial charge in [0.1, 0.15) is 5.76 Å². The van der Waals surface area contributed by atoms with Crippen LogP contribution in [0.1, 0.15) is 42.4 Å². The third-order valence-electron chi connectivity index (χ3n) is 3.51. The molecule has 1 aromatic rings. The summed E-state index contributed by atoms with van der Waals surface area (Å²) < 4.78 is 4.92. The van der Waals surface area contributed by atoms with Crippen LogP contribution in [0, 0.1) is 6.92 Å². The lowest BCUT2D eigenvalue weighted by atomic mass is 10.2. The highest BCUT2D eigenvalue weighted by Crippen LogP contribution is 2.10. The first-order chi connectivity index (χ1) is 9.61. The Morgan fingerprint density at radius 3 is 2.45 bits per heavy atom. The molecule has 0 N–H and O–H groups in total. The van der Waals surface area contributed by atoms with Gasteiger partial charge in [-0.25, -0.2) is 0 Å². The largest absolute Gasteiger partial charge is 0.361 e. The van der Waals surface area contributed by atoms with Crippen molar-refractivity contribution in [1.82, 2.24) is 15.0 Å². The third kappa shape index (κ3) is 3.37. The van der Waals surface area contributed by atoms with E-state index in [4.69, 9.17) is 4.52 Å². The predicted octanol–water partition coefficient (Wildman–Crippen LogP) is 1.46. The number of aromatic nitrogens is 1. The van der Waals surface area contributed by atoms with Crippen molar-refractivity contribution in [1.29, 1.82) is 0 Å². The Hall–Kier alpha value is -1.85. The number of amides is 2. The molecule has 0 bridgehead atoms. The Morgan fingerprint density at radius 1 is 1.25 bits per heavy atom. The fourth-order valence-electron chi connectivity index (χ4n) is 2.27. The van der Waals surface area contributed by atoms with Crippen molar-refractivity contribution in [3.05, 3.63) is 17.5 Å². The van der Waals surface area contributed by atoms with Crippen LogP contribution in [0.25, 0.3) is 0 Å². The van der Waals surface area contributed by atoms with Gasteiger partial charge >= 0.3 is 0 Å². The topological polar surface area (TPSA) is 66.7 Å². The van der Waals surface area contributed by atoms with E-state index in [9.17, 15) is 9.59 Å². The summed E-state index contributed by atoms with van der Waals surface area (Å²) in [5, 5.41) is 3.74. The minimum absolute atomic E-state index is 0.123. The zero-order chi connectivity index (χ0) is 14.5. The number of rotatable bonds is 4. The Labute approximate surface area is 118 Å². The number of hydrogen-bond acceptors (Lipinski definition) is 4. The zero-order valence-corrected chi connectivity index (χ0v) is 12.1. The lowest BCUT2D eigenvalue weighted by molar-refractivity contribution is -0.132. The second kappa shape index (κ2) is 6.54. The van der Waals surface area contributed by atoms with Crippen LogP contribution in [0.15, 0.2) is 10.6 Å². The molecule has 2 heterocycles. The smallest absolute Gasteiger partial charge is 0.276 e. The summed E-state index contributed by atoms with van der Waals surface area (Å²) in [7, 11) is 0. The Balaban J connectivity index is 1.85. The Morgan fingerprint density at radius 2 is 1.90 bits per heavy atom. The van der Waals surface area contributed by atoms with Crippen LogP contribution in [0.4, 0.5) is 0 Å². The predicted molar refractivity (Wildman–Crippen MR) is 73.2 cm³/mol. The Kier molecular flexibility index (Phi) is 4.76. The highest BCUT2D eigenvalue weighted by Gasteiger charge is 2.25. The number of aryl methyl sites for hydroxylation is 1. The lowest BCUT2D eigenvalue weighted by Crippen LogP contribution is -2.50. The van der Waals surface area contributed by atoms with Crippen molar-refractivity contribution in [2.75, 3.05) is 26.2 Å². The summed E-state index contributed by atoms with van der Waals surface area (Å²) in [6.07, 6.45) is 2.55. The SMILES string of the molecule is CCCCC(=O)N1CCN(C(=O)c2cc(C)on2)CC1. The van der Waals surface area contributed by atoms with Crippen molar-refractivity contribution in [3.8, 4) is 0 Å². The van der Waals surface area contributed by atoms with Gasteiger partial charge in [-0.3, -0.25) is 9.59 Å². The summed E-state index contributed by atoms with van der Waals surface area (Å²) in [6.45, 7) is 6.15. The maximum Gasteiger partial charge on any atom is 0.276 e. The van der Waals surface area contributed by atoms with E-state index >= 15 is 0 Å². The van der Waals surface area contributed by atoms with Crippen LogP contribution in [-0.2, 0) is 4.79 Å². The van der Waals surface area contributed by atoms with E-state index in [0.29, 0.717) is 44.1 Å². The number of nitrogens with zero attached hydrogens (tertiary/aromatic N) is 3. The number of carbonyl (C=O) groups is 2. The van der Waals surface area contributed by atoms with E-state index in [-0.39, 0.29) is 11.8 Å². The van der Waals surface area contributed by atoms with Gasteiger partial charge in [0.2, 0.25) is 5.91 Å². The summed E-state index contributed by atoms with van der Waals surface area (Å²) in [5.41, 5.74) is 0.341. The van der Waals surface area contributed by atoms with Gasteiger partial charge in [0, 0.05) is 38.7 Å². The van der Waals surface area contributed by atoms with Crippen LogP contribution in [0.2, 0.25) is 0 Å². The average Bonchev–Trinajstić information content (AvgIpc) is 2.90. The summed E-state index contributed by atoms with van der Waals surface area (Å²) >= 11 is 0. The van der Waals surface area contributed by atoms with E-state index in [0.717, 1.165) is 12.8 Å². The first-order valence-electron chi connectivity index (χ1n) is 7.12. The minimum atomic E-state index is -0.123. The van der Waals surface area contributed by atoms with Crippen LogP contribution >= 0.6 is 0 Å². The molecule has 110 valence electrons. The second-order valence-electron chi connectivity index (χ2n) is 5.10. The zero-order valence-electron chi connectivity index (χ0n) is 12.1. The molecule has 6 heteroatoms. The number of unbranched alkanes of at least 4 members (excludes halogenated alkanes) is 1. The monoisotopic (exact) mass is 279 g/mol. The number of hydrogen-bond donors (Lipinski definition) is 0. The first kappa shape index (κ1) is 14.6. The molecule has 20 heavy (non-hydrogen) atoms. The van der Waals surface area contributed by atoms with Gasteiger partial charge in [0.25, 0.3) is 5.91 Å². The number of piperazine rings is 1. The minimum Gasteiger partial charge on any atom is -0.361 e. The van der Waals surface area contributed by atoms with E-state index in [1.807, 2.05) is 4.90 Å². The third-order valence-corrected chi connectivity index (χ3v) is 3.51. The van der Waals surface area contributed by atoms with Crippen molar-refractivity contribution in [2.24, 2.45) is 0 Å². The second-order valence-corrected chi connectivity index (χ2v) is 5.10. The average molecular weight is 279 g/mol. The maximum absolute atomic E-state index is 12.2. The van der Waals surface area contributed by atoms with Crippen LogP contribution in [0.3, 0.4) is 0 Å². The van der Waals surface area contributed by atoms with E-state index in [2.05, 4.69) is 12.1 Å². The van der Waals surface area contributed by atoms with Gasteiger partial charge < -0.3 is 14.3 Å². The molecular weight excluding hydrogens is 258 g/mol. The highest BCUT2D eigenvalue weighted by atomic mass is 16.5. The van der Waals surface area contributed by atoms with Crippen molar-refractivity contribution < 1.29 is 14.1 Å². The standard InChI is InChI=1S/C14H21N3O3/c1-3-4-5-13(18)16-6-8-17(9-7-16)14(19)12-10-11(2)20-15-12/h10H,3-9H2,1-2H3. The van der Waals surface area contributed by atoms with Gasteiger partial charge in [-0.2, -0.15) is 0 Å². The molecule has 1 aliphatic rings. The summed E-state index contributed by atoms with van der Waals surface area (Å²) in [6, 6.07) is 1.64. The first-order valence-corrected chi connectivity index (χ1v) is 7.12. The summed E-state index contributed by atoms with van der Waals surface area (Å²) in [4.78, 5) is 27.6. The number of carbonyl (C=O) groups excluding carboxylic acids is 2. The van der Waals surface area contributed by atoms with Crippen molar-refractivity contribution >= 4 is 11.8 Å². The van der Waals surface area contributed by atoms with Crippen molar-refractivity contribution in [3.63, 3.8) is 0 Å². The fourth-order valence-corrected chi connectivity index (χ4v) is 2.27. The molecule has 0 unspecified atom stereocenters. The Bertz CT molecular complexity index is 476.